The lowest BCUT2D eigenvalue weighted by molar-refractivity contribution is 0.405. The van der Waals surface area contributed by atoms with E-state index in [4.69, 9.17) is 4.74 Å². The van der Waals surface area contributed by atoms with Crippen LogP contribution < -0.4 is 27.2 Å². The molecule has 1 aromatic carbocycles. The van der Waals surface area contributed by atoms with Crippen LogP contribution in [-0.2, 0) is 0 Å². The second kappa shape index (κ2) is 5.58. The number of nitrogens with one attached hydrogen (secondary N) is 4. The average Bonchev–Trinajstić information content (AvgIpc) is 2.53. The minimum Gasteiger partial charge on any atom is -0.423 e. The van der Waals surface area contributed by atoms with Crippen molar-refractivity contribution >= 4 is 22.6 Å². The summed E-state index contributed by atoms with van der Waals surface area (Å²) in [5, 5.41) is 0. The fraction of sp³-hybridized carbons (Fsp3) is 0.0667. The number of aromatic amines is 4. The van der Waals surface area contributed by atoms with Crippen LogP contribution in [0.2, 0.25) is 0 Å². The lowest BCUT2D eigenvalue weighted by Crippen LogP contribution is -2.36. The minimum atomic E-state index is -0.808. The maximum absolute atomic E-state index is 12.4. The van der Waals surface area contributed by atoms with Crippen LogP contribution in [0.5, 0.6) is 11.8 Å². The van der Waals surface area contributed by atoms with Gasteiger partial charge in [-0.25, -0.2) is 9.59 Å². The van der Waals surface area contributed by atoms with E-state index in [0.717, 1.165) is 3.57 Å². The molecule has 0 fully saturated rings. The third-order valence-corrected chi connectivity index (χ3v) is 4.59. The van der Waals surface area contributed by atoms with Gasteiger partial charge in [0, 0.05) is 3.57 Å². The first-order valence-electron chi connectivity index (χ1n) is 7.10. The highest BCUT2D eigenvalue weighted by Crippen LogP contribution is 2.41. The quantitative estimate of drug-likeness (QED) is 0.308. The molecule has 25 heavy (non-hydrogen) atoms. The largest absolute Gasteiger partial charge is 0.423 e. The van der Waals surface area contributed by atoms with E-state index < -0.39 is 28.4 Å². The molecule has 3 aromatic rings. The lowest BCUT2D eigenvalue weighted by Gasteiger charge is -2.25. The van der Waals surface area contributed by atoms with Gasteiger partial charge in [-0.05, 0) is 40.3 Å². The van der Waals surface area contributed by atoms with E-state index in [1.54, 1.807) is 12.1 Å². The predicted molar refractivity (Wildman–Crippen MR) is 95.5 cm³/mol. The van der Waals surface area contributed by atoms with Crippen LogP contribution in [0.1, 0.15) is 22.6 Å². The van der Waals surface area contributed by atoms with Crippen LogP contribution in [0.25, 0.3) is 0 Å². The van der Waals surface area contributed by atoms with E-state index in [1.807, 2.05) is 12.1 Å². The third kappa shape index (κ3) is 2.54. The van der Waals surface area contributed by atoms with Crippen LogP contribution in [0.3, 0.4) is 0 Å². The van der Waals surface area contributed by atoms with Gasteiger partial charge < -0.3 is 4.74 Å². The Hall–Kier alpha value is -2.89. The van der Waals surface area contributed by atoms with Gasteiger partial charge in [0.1, 0.15) is 0 Å². The Bertz CT molecular complexity index is 1150. The molecule has 126 valence electrons. The van der Waals surface area contributed by atoms with Crippen molar-refractivity contribution in [3.63, 3.8) is 0 Å². The zero-order chi connectivity index (χ0) is 17.7. The van der Waals surface area contributed by atoms with Crippen LogP contribution in [0, 0.1) is 3.57 Å². The summed E-state index contributed by atoms with van der Waals surface area (Å²) in [4.78, 5) is 57.0. The molecule has 4 N–H and O–H groups in total. The predicted octanol–water partition coefficient (Wildman–Crippen LogP) is 0.330. The van der Waals surface area contributed by atoms with Crippen molar-refractivity contribution in [3.8, 4) is 11.8 Å². The number of halogens is 1. The minimum absolute atomic E-state index is 0.0888. The van der Waals surface area contributed by atoms with Crippen LogP contribution in [0.4, 0.5) is 0 Å². The zero-order valence-electron chi connectivity index (χ0n) is 12.3. The van der Waals surface area contributed by atoms with Gasteiger partial charge in [-0.15, -0.1) is 0 Å². The number of fused-ring (bicyclic) bond motifs is 2. The Balaban J connectivity index is 2.11. The first kappa shape index (κ1) is 15.6. The highest BCUT2D eigenvalue weighted by atomic mass is 127. The summed E-state index contributed by atoms with van der Waals surface area (Å²) in [7, 11) is 0. The molecule has 1 aliphatic heterocycles. The molecule has 1 aliphatic rings. The Morgan fingerprint density at radius 2 is 1.24 bits per heavy atom. The van der Waals surface area contributed by atoms with Gasteiger partial charge in [-0.2, -0.15) is 0 Å². The lowest BCUT2D eigenvalue weighted by atomic mass is 9.86. The van der Waals surface area contributed by atoms with Crippen molar-refractivity contribution in [3.05, 3.63) is 86.2 Å². The van der Waals surface area contributed by atoms with Gasteiger partial charge in [0.2, 0.25) is 11.8 Å². The van der Waals surface area contributed by atoms with Crippen LogP contribution in [-0.4, -0.2) is 19.9 Å². The average molecular weight is 452 g/mol. The molecule has 3 heterocycles. The Morgan fingerprint density at radius 1 is 0.760 bits per heavy atom. The standard InChI is InChI=1S/C15H9IN4O5/c16-6-3-1-5(2-4-6)7-8-10(21)17-14(23)19-12(8)25-13-9(7)11(22)18-15(24)20-13/h1-4,7H,(H2,17,19,21,23)(H2,18,20,22,24). The number of rotatable bonds is 1. The van der Waals surface area contributed by atoms with Crippen molar-refractivity contribution in [2.45, 2.75) is 5.92 Å². The fourth-order valence-corrected chi connectivity index (χ4v) is 3.23. The van der Waals surface area contributed by atoms with E-state index in [0.29, 0.717) is 5.56 Å². The second-order valence-corrected chi connectivity index (χ2v) is 6.63. The van der Waals surface area contributed by atoms with E-state index in [-0.39, 0.29) is 22.9 Å². The van der Waals surface area contributed by atoms with Crippen molar-refractivity contribution in [1.82, 2.24) is 19.9 Å². The topological polar surface area (TPSA) is 141 Å². The summed E-state index contributed by atoms with van der Waals surface area (Å²) in [6, 6.07) is 7.18. The molecule has 2 aromatic heterocycles. The van der Waals surface area contributed by atoms with E-state index in [2.05, 4.69) is 42.5 Å². The monoisotopic (exact) mass is 452 g/mol. The number of benzene rings is 1. The van der Waals surface area contributed by atoms with Gasteiger partial charge in [0.05, 0.1) is 17.0 Å². The van der Waals surface area contributed by atoms with Gasteiger partial charge in [-0.1, -0.05) is 12.1 Å². The number of hydrogen-bond acceptors (Lipinski definition) is 5. The SMILES string of the molecule is O=c1[nH]c2c(c(=O)[nH]1)C(c1ccc(I)cc1)c1c([nH]c(=O)[nH]c1=O)O2. The zero-order valence-corrected chi connectivity index (χ0v) is 14.5. The molecule has 0 amide bonds. The Labute approximate surface area is 151 Å². The van der Waals surface area contributed by atoms with E-state index >= 15 is 0 Å². The molecule has 0 spiro atoms. The Morgan fingerprint density at radius 3 is 1.72 bits per heavy atom. The number of ether oxygens (including phenoxy) is 1. The number of hydrogen-bond donors (Lipinski definition) is 4. The molecular weight excluding hydrogens is 443 g/mol. The highest BCUT2D eigenvalue weighted by molar-refractivity contribution is 14.1. The van der Waals surface area contributed by atoms with Crippen LogP contribution >= 0.6 is 22.6 Å². The maximum Gasteiger partial charge on any atom is 0.328 e. The fourth-order valence-electron chi connectivity index (χ4n) is 2.87. The Kier molecular flexibility index (Phi) is 3.49. The van der Waals surface area contributed by atoms with Crippen LogP contribution in [0.15, 0.2) is 43.4 Å². The van der Waals surface area contributed by atoms with Crippen molar-refractivity contribution in [2.24, 2.45) is 0 Å². The number of H-pyrrole nitrogens is 4. The summed E-state index contributed by atoms with van der Waals surface area (Å²) in [6.45, 7) is 0. The molecule has 0 bridgehead atoms. The van der Waals surface area contributed by atoms with Crippen molar-refractivity contribution < 1.29 is 4.74 Å². The summed E-state index contributed by atoms with van der Waals surface area (Å²) < 4.78 is 6.40. The molecule has 4 rings (SSSR count). The van der Waals surface area contributed by atoms with E-state index in [1.165, 1.54) is 0 Å². The summed E-state index contributed by atoms with van der Waals surface area (Å²) in [6.07, 6.45) is 0. The van der Waals surface area contributed by atoms with Gasteiger partial charge in [0.25, 0.3) is 11.1 Å². The summed E-state index contributed by atoms with van der Waals surface area (Å²) in [5.41, 5.74) is -2.02. The normalized spacial score (nSPS) is 13.0. The first-order valence-corrected chi connectivity index (χ1v) is 8.18. The molecule has 0 radical (unpaired) electrons. The molecule has 0 unspecified atom stereocenters. The molecule has 0 saturated carbocycles. The molecule has 0 aliphatic carbocycles. The summed E-state index contributed by atoms with van der Waals surface area (Å²) in [5.74, 6) is -1.02. The molecular formula is C15H9IN4O5. The molecule has 0 atom stereocenters. The van der Waals surface area contributed by atoms with Gasteiger partial charge in [-0.3, -0.25) is 29.5 Å². The first-order chi connectivity index (χ1) is 11.9. The third-order valence-electron chi connectivity index (χ3n) is 3.87. The van der Waals surface area contributed by atoms with Gasteiger partial charge in [0.15, 0.2) is 0 Å². The molecule has 0 saturated heterocycles. The number of aromatic nitrogens is 4. The summed E-state index contributed by atoms with van der Waals surface area (Å²) >= 11 is 2.13. The maximum atomic E-state index is 12.4. The second-order valence-electron chi connectivity index (χ2n) is 5.39. The highest BCUT2D eigenvalue weighted by Gasteiger charge is 2.35. The van der Waals surface area contributed by atoms with E-state index in [9.17, 15) is 19.2 Å². The molecule has 10 heteroatoms. The molecule has 9 nitrogen and oxygen atoms in total. The smallest absolute Gasteiger partial charge is 0.328 e. The van der Waals surface area contributed by atoms with Gasteiger partial charge >= 0.3 is 11.4 Å². The van der Waals surface area contributed by atoms with Crippen molar-refractivity contribution in [1.29, 1.82) is 0 Å². The van der Waals surface area contributed by atoms with Crippen molar-refractivity contribution in [2.75, 3.05) is 0 Å².